The van der Waals surface area contributed by atoms with E-state index < -0.39 is 0 Å². The van der Waals surface area contributed by atoms with E-state index in [-0.39, 0.29) is 47.3 Å². The summed E-state index contributed by atoms with van der Waals surface area (Å²) in [6.45, 7) is 51.3. The Kier molecular flexibility index (Phi) is 18.0. The van der Waals surface area contributed by atoms with Gasteiger partial charge in [-0.3, -0.25) is 0 Å². The molecule has 0 aliphatic carbocycles. The minimum atomic E-state index is 0.119. The molecule has 0 saturated carbocycles. The van der Waals surface area contributed by atoms with Gasteiger partial charge in [-0.25, -0.2) is 49.8 Å². The molecule has 0 unspecified atom stereocenters. The fourth-order valence-corrected chi connectivity index (χ4v) is 14.1. The topological polar surface area (TPSA) is 197 Å². The molecule has 0 saturated heterocycles. The highest BCUT2D eigenvalue weighted by atomic mass is 16.5. The number of ether oxygens (including phenoxy) is 4. The van der Waals surface area contributed by atoms with Gasteiger partial charge in [-0.05, 0) is 169 Å². The molecule has 0 atom stereocenters. The molecule has 0 spiro atoms. The van der Waals surface area contributed by atoms with Crippen molar-refractivity contribution in [2.24, 2.45) is 0 Å². The number of rotatable bonds is 16. The zero-order valence-corrected chi connectivity index (χ0v) is 62.7. The molecule has 9 heterocycles. The summed E-state index contributed by atoms with van der Waals surface area (Å²) in [6.07, 6.45) is 0. The van der Waals surface area contributed by atoms with Crippen LogP contribution in [0.5, 0.6) is 46.5 Å². The van der Waals surface area contributed by atoms with Crippen molar-refractivity contribution in [2.75, 3.05) is 0 Å². The summed E-state index contributed by atoms with van der Waals surface area (Å²) in [5.74, 6) is 6.69. The van der Waals surface area contributed by atoms with Crippen LogP contribution in [-0.2, 0) is 0 Å². The highest BCUT2D eigenvalue weighted by molar-refractivity contribution is 6.11. The first-order valence-electron chi connectivity index (χ1n) is 35.6. The smallest absolute Gasteiger partial charge is 0.231 e. The van der Waals surface area contributed by atoms with Crippen molar-refractivity contribution in [3.8, 4) is 92.1 Å². The number of fused-ring (bicyclic) bond motifs is 20. The zero-order valence-electron chi connectivity index (χ0n) is 62.7. The highest BCUT2D eigenvalue weighted by Crippen LogP contribution is 2.52. The van der Waals surface area contributed by atoms with E-state index in [9.17, 15) is 0 Å². The number of nitrogens with zero attached hydrogens (tertiary/aromatic N) is 10. The van der Waals surface area contributed by atoms with Crippen molar-refractivity contribution in [3.63, 3.8) is 0 Å². The lowest BCUT2D eigenvalue weighted by Crippen LogP contribution is -2.04. The molecular formula is C84H94N12O4. The SMILES string of the molecule is Cc1nc(Oc2c(C(C)C)cccc2C(C)C)c2c(c1C)-c1nc-2nc2[nH]c(nc3nc(nc4[nH]c(n1)c1c(Oc5c(C(C)C)cccc5C(C)C)nc(C)c(C)c41)-c1c(Oc4c(C(C)C)cccc4C(C)C)nc(C)c(C)c1-3)c1c(Oc3c(C(C)C)cccc3C(C)C)nc(C)c(C)c21. The second-order valence-corrected chi connectivity index (χ2v) is 29.8. The Morgan fingerprint density at radius 3 is 0.700 bits per heavy atom. The maximum atomic E-state index is 7.43. The van der Waals surface area contributed by atoms with Gasteiger partial charge in [0.25, 0.3) is 0 Å². The molecule has 4 aromatic carbocycles. The zero-order chi connectivity index (χ0) is 71.5. The van der Waals surface area contributed by atoms with E-state index in [1.54, 1.807) is 0 Å². The predicted molar refractivity (Wildman–Crippen MR) is 404 cm³/mol. The summed E-state index contributed by atoms with van der Waals surface area (Å²) in [6, 6.07) is 25.6. The Hall–Kier alpha value is -9.96. The number of H-pyrrole nitrogens is 2. The number of para-hydroxylation sites is 4. The van der Waals surface area contributed by atoms with Crippen LogP contribution in [0.2, 0.25) is 0 Å². The van der Waals surface area contributed by atoms with Crippen LogP contribution >= 0.6 is 0 Å². The Bertz CT molecular complexity index is 4910. The fourth-order valence-electron chi connectivity index (χ4n) is 14.1. The number of pyridine rings is 4. The van der Waals surface area contributed by atoms with Gasteiger partial charge in [-0.2, -0.15) is 0 Å². The van der Waals surface area contributed by atoms with Crippen molar-refractivity contribution in [1.82, 2.24) is 59.8 Å². The number of aromatic nitrogens is 12. The van der Waals surface area contributed by atoms with Crippen LogP contribution in [0.15, 0.2) is 72.8 Å². The average Bonchev–Trinajstić information content (AvgIpc) is 1.56. The Labute approximate surface area is 587 Å². The van der Waals surface area contributed by atoms with Crippen LogP contribution in [0, 0.1) is 55.4 Å². The van der Waals surface area contributed by atoms with Gasteiger partial charge in [0, 0.05) is 44.7 Å². The average molecular weight is 1340 g/mol. The van der Waals surface area contributed by atoms with Gasteiger partial charge in [-0.1, -0.05) is 184 Å². The minimum absolute atomic E-state index is 0.119. The molecule has 0 amide bonds. The van der Waals surface area contributed by atoms with Crippen LogP contribution in [0.4, 0.5) is 0 Å². The van der Waals surface area contributed by atoms with Gasteiger partial charge in [0.15, 0.2) is 23.3 Å². The summed E-state index contributed by atoms with van der Waals surface area (Å²) in [7, 11) is 0. The molecule has 7 aromatic heterocycles. The molecule has 2 aliphatic heterocycles. The van der Waals surface area contributed by atoms with Crippen LogP contribution in [0.1, 0.15) is 248 Å². The normalized spacial score (nSPS) is 12.3. The van der Waals surface area contributed by atoms with Gasteiger partial charge < -0.3 is 28.9 Å². The lowest BCUT2D eigenvalue weighted by Gasteiger charge is -2.21. The summed E-state index contributed by atoms with van der Waals surface area (Å²) in [4.78, 5) is 63.4. The third-order valence-electron chi connectivity index (χ3n) is 20.3. The standard InChI is InChI=1S/C84H94N12O4/c1-37(2)53-29-25-30-54(38(3)4)69(53)97-81-65-61(45(17)49(21)85-81)73-89-77(65)93-74-62-46(18)50(22)86-82(98-70-55(39(5)6)31-26-32-56(70)40(7)8)66(62)79(90-74)95-76-64-48(20)52(24)88-84(100-72-59(43(13)14)35-28-36-60(72)44(15)16)68(64)80(92-76)96-75-63-47(19)51(23)87-83(67(63)78(91-75)94-73)99-71-57(41(9)10)33-27-34-58(71)42(11)12/h25-44H,1-24H3,(H2,89,90,91,92,93,94,95,96). The maximum absolute atomic E-state index is 7.43. The van der Waals surface area contributed by atoms with E-state index >= 15 is 0 Å². The Balaban J connectivity index is 1.25. The number of hydrogen-bond acceptors (Lipinski definition) is 14. The van der Waals surface area contributed by atoms with Crippen molar-refractivity contribution >= 4 is 44.1 Å². The van der Waals surface area contributed by atoms with E-state index in [0.29, 0.717) is 102 Å². The molecule has 16 heteroatoms. The molecular weight excluding hydrogens is 1240 g/mol. The van der Waals surface area contributed by atoms with Gasteiger partial charge >= 0.3 is 0 Å². The number of benzene rings is 4. The lowest BCUT2D eigenvalue weighted by molar-refractivity contribution is 0.446. The predicted octanol–water partition coefficient (Wildman–Crippen LogP) is 23.1. The molecule has 11 aromatic rings. The Morgan fingerprint density at radius 2 is 0.450 bits per heavy atom. The second kappa shape index (κ2) is 26.3. The monoisotopic (exact) mass is 1330 g/mol. The van der Waals surface area contributed by atoms with Crippen molar-refractivity contribution < 1.29 is 18.9 Å². The lowest BCUT2D eigenvalue weighted by atomic mass is 9.94. The van der Waals surface area contributed by atoms with Gasteiger partial charge in [-0.15, -0.1) is 0 Å². The summed E-state index contributed by atoms with van der Waals surface area (Å²) in [5, 5.41) is 2.65. The van der Waals surface area contributed by atoms with Crippen molar-refractivity contribution in [2.45, 2.75) is 214 Å². The first kappa shape index (κ1) is 68.6. The van der Waals surface area contributed by atoms with Crippen LogP contribution < -0.4 is 18.9 Å². The number of aryl methyl sites for hydroxylation is 6. The number of nitrogens with one attached hydrogen (secondary N) is 2. The van der Waals surface area contributed by atoms with Crippen LogP contribution in [0.3, 0.4) is 0 Å². The van der Waals surface area contributed by atoms with E-state index in [1.165, 1.54) is 0 Å². The van der Waals surface area contributed by atoms with E-state index in [0.717, 1.165) is 123 Å². The molecule has 2 aliphatic rings. The third-order valence-corrected chi connectivity index (χ3v) is 20.3. The molecule has 2 N–H and O–H groups in total. The maximum Gasteiger partial charge on any atom is 0.231 e. The molecule has 16 nitrogen and oxygen atoms in total. The second-order valence-electron chi connectivity index (χ2n) is 29.8. The minimum Gasteiger partial charge on any atom is -0.438 e. The number of hydrogen-bond donors (Lipinski definition) is 2. The summed E-state index contributed by atoms with van der Waals surface area (Å²) >= 11 is 0. The highest BCUT2D eigenvalue weighted by Gasteiger charge is 2.35. The van der Waals surface area contributed by atoms with Crippen LogP contribution in [0.25, 0.3) is 89.7 Å². The fraction of sp³-hybridized carbons (Fsp3) is 0.381. The largest absolute Gasteiger partial charge is 0.438 e. The van der Waals surface area contributed by atoms with E-state index in [1.807, 2.05) is 27.7 Å². The summed E-state index contributed by atoms with van der Waals surface area (Å²) in [5.41, 5.74) is 19.0. The van der Waals surface area contributed by atoms with E-state index in [4.69, 9.17) is 68.8 Å². The molecule has 0 fully saturated rings. The van der Waals surface area contributed by atoms with Crippen molar-refractivity contribution in [3.05, 3.63) is 162 Å². The molecule has 514 valence electrons. The molecule has 100 heavy (non-hydrogen) atoms. The van der Waals surface area contributed by atoms with E-state index in [2.05, 4.69) is 221 Å². The quantitative estimate of drug-likeness (QED) is 0.0926. The first-order chi connectivity index (χ1) is 47.5. The van der Waals surface area contributed by atoms with Crippen LogP contribution in [-0.4, -0.2) is 59.8 Å². The molecule has 0 radical (unpaired) electrons. The van der Waals surface area contributed by atoms with Gasteiger partial charge in [0.2, 0.25) is 23.5 Å². The third kappa shape index (κ3) is 11.8. The van der Waals surface area contributed by atoms with Gasteiger partial charge in [0.1, 0.15) is 45.6 Å². The molecule has 8 bridgehead atoms. The Morgan fingerprint density at radius 1 is 0.240 bits per heavy atom. The van der Waals surface area contributed by atoms with Crippen molar-refractivity contribution in [1.29, 1.82) is 0 Å². The molecule has 13 rings (SSSR count). The number of aromatic amines is 2. The first-order valence-corrected chi connectivity index (χ1v) is 35.6. The summed E-state index contributed by atoms with van der Waals surface area (Å²) < 4.78 is 29.7. The van der Waals surface area contributed by atoms with Gasteiger partial charge in [0.05, 0.1) is 21.9 Å².